The Labute approximate surface area is 154 Å². The Morgan fingerprint density at radius 3 is 2.54 bits per heavy atom. The number of pyridine rings is 1. The van der Waals surface area contributed by atoms with Crippen LogP contribution in [0.4, 0.5) is 0 Å². The van der Waals surface area contributed by atoms with E-state index in [9.17, 15) is 4.79 Å². The fraction of sp³-hybridized carbons (Fsp3) is 0.261. The molecule has 2 aromatic rings. The summed E-state index contributed by atoms with van der Waals surface area (Å²) in [5, 5.41) is 3.00. The summed E-state index contributed by atoms with van der Waals surface area (Å²) in [6.07, 6.45) is 9.22. The molecule has 2 aliphatic rings. The number of carbonyl (C=O) groups is 1. The van der Waals surface area contributed by atoms with Gasteiger partial charge in [0.15, 0.2) is 0 Å². The molecule has 0 bridgehead atoms. The average Bonchev–Trinajstić information content (AvgIpc) is 3.49. The Bertz CT molecular complexity index is 899. The number of aromatic nitrogens is 1. The number of carbonyl (C=O) groups excluding carboxylic acids is 1. The molecular weight excluding hydrogens is 320 g/mol. The SMILES string of the molecule is CC(C#Cc1ccc(C(=O)NC2CCC2)nc1)(C1=C[CH]1)c1ccccc1. The maximum absolute atomic E-state index is 12.1. The number of nitrogens with zero attached hydrogens (tertiary/aromatic N) is 1. The highest BCUT2D eigenvalue weighted by Crippen LogP contribution is 2.40. The van der Waals surface area contributed by atoms with Crippen LogP contribution < -0.4 is 5.32 Å². The van der Waals surface area contributed by atoms with Crippen LogP contribution >= 0.6 is 0 Å². The van der Waals surface area contributed by atoms with Gasteiger partial charge in [-0.3, -0.25) is 4.79 Å². The highest BCUT2D eigenvalue weighted by molar-refractivity contribution is 5.92. The third-order valence-corrected chi connectivity index (χ3v) is 5.16. The molecule has 1 aromatic heterocycles. The molecule has 3 heteroatoms. The number of amides is 1. The minimum absolute atomic E-state index is 0.0962. The first-order valence-electron chi connectivity index (χ1n) is 9.06. The van der Waals surface area contributed by atoms with E-state index in [1.807, 2.05) is 24.3 Å². The second-order valence-corrected chi connectivity index (χ2v) is 7.06. The largest absolute Gasteiger partial charge is 0.348 e. The third kappa shape index (κ3) is 3.41. The molecule has 0 spiro atoms. The summed E-state index contributed by atoms with van der Waals surface area (Å²) in [5.41, 5.74) is 3.36. The predicted octanol–water partition coefficient (Wildman–Crippen LogP) is 3.82. The van der Waals surface area contributed by atoms with Gasteiger partial charge in [0.05, 0.1) is 5.41 Å². The van der Waals surface area contributed by atoms with Crippen molar-refractivity contribution >= 4 is 5.91 Å². The number of rotatable bonds is 4. The van der Waals surface area contributed by atoms with Crippen molar-refractivity contribution in [3.63, 3.8) is 0 Å². The summed E-state index contributed by atoms with van der Waals surface area (Å²) < 4.78 is 0. The van der Waals surface area contributed by atoms with Gasteiger partial charge in [-0.25, -0.2) is 4.98 Å². The Hall–Kier alpha value is -2.86. The Kier molecular flexibility index (Phi) is 4.34. The van der Waals surface area contributed by atoms with Crippen molar-refractivity contribution in [1.82, 2.24) is 10.3 Å². The lowest BCUT2D eigenvalue weighted by atomic mass is 9.80. The minimum Gasteiger partial charge on any atom is -0.348 e. The van der Waals surface area contributed by atoms with Gasteiger partial charge in [0.25, 0.3) is 5.91 Å². The highest BCUT2D eigenvalue weighted by Gasteiger charge is 2.33. The van der Waals surface area contributed by atoms with Gasteiger partial charge in [0.1, 0.15) is 5.69 Å². The second-order valence-electron chi connectivity index (χ2n) is 7.06. The minimum atomic E-state index is -0.318. The van der Waals surface area contributed by atoms with E-state index in [2.05, 4.69) is 53.7 Å². The summed E-state index contributed by atoms with van der Waals surface area (Å²) in [7, 11) is 0. The summed E-state index contributed by atoms with van der Waals surface area (Å²) in [4.78, 5) is 16.4. The van der Waals surface area contributed by atoms with E-state index in [-0.39, 0.29) is 11.3 Å². The fourth-order valence-electron chi connectivity index (χ4n) is 3.07. The van der Waals surface area contributed by atoms with E-state index in [1.165, 1.54) is 17.6 Å². The van der Waals surface area contributed by atoms with Gasteiger partial charge >= 0.3 is 0 Å². The third-order valence-electron chi connectivity index (χ3n) is 5.16. The van der Waals surface area contributed by atoms with Gasteiger partial charge in [0, 0.05) is 24.2 Å². The summed E-state index contributed by atoms with van der Waals surface area (Å²) in [6.45, 7) is 2.14. The second kappa shape index (κ2) is 6.80. The maximum atomic E-state index is 12.1. The molecule has 3 nitrogen and oxygen atoms in total. The molecule has 1 atom stereocenters. The molecule has 26 heavy (non-hydrogen) atoms. The number of benzene rings is 1. The van der Waals surface area contributed by atoms with Crippen LogP contribution in [0.5, 0.6) is 0 Å². The van der Waals surface area contributed by atoms with Gasteiger partial charge in [-0.2, -0.15) is 0 Å². The monoisotopic (exact) mass is 341 g/mol. The molecule has 0 saturated heterocycles. The van der Waals surface area contributed by atoms with E-state index in [4.69, 9.17) is 0 Å². The number of hydrogen-bond acceptors (Lipinski definition) is 2. The van der Waals surface area contributed by atoms with Crippen LogP contribution in [0.25, 0.3) is 0 Å². The fourth-order valence-corrected chi connectivity index (χ4v) is 3.07. The normalized spacial score (nSPS) is 17.8. The molecule has 1 unspecified atom stereocenters. The highest BCUT2D eigenvalue weighted by atomic mass is 16.1. The molecule has 1 aromatic carbocycles. The first-order valence-corrected chi connectivity index (χ1v) is 9.06. The smallest absolute Gasteiger partial charge is 0.270 e. The van der Waals surface area contributed by atoms with Crippen LogP contribution in [0.15, 0.2) is 60.3 Å². The molecule has 0 aliphatic heterocycles. The number of nitrogens with one attached hydrogen (secondary N) is 1. The molecule has 4 rings (SSSR count). The lowest BCUT2D eigenvalue weighted by Gasteiger charge is -2.26. The Balaban J connectivity index is 1.52. The van der Waals surface area contributed by atoms with Gasteiger partial charge in [-0.05, 0) is 49.5 Å². The standard InChI is InChI=1S/C23H21N2O/c1-23(19-11-12-19,18-6-3-2-4-7-18)15-14-17-10-13-21(24-16-17)22(26)25-20-8-5-9-20/h2-4,6-7,10-13,16,20H,5,8-9H2,1H3,(H,25,26). The van der Waals surface area contributed by atoms with E-state index in [1.54, 1.807) is 12.3 Å². The van der Waals surface area contributed by atoms with E-state index >= 15 is 0 Å². The van der Waals surface area contributed by atoms with Crippen molar-refractivity contribution in [2.24, 2.45) is 0 Å². The van der Waals surface area contributed by atoms with Crippen LogP contribution in [-0.2, 0) is 5.41 Å². The first-order chi connectivity index (χ1) is 12.6. The van der Waals surface area contributed by atoms with Crippen LogP contribution in [0, 0.1) is 18.3 Å². The summed E-state index contributed by atoms with van der Waals surface area (Å²) in [5.74, 6) is 6.53. The lowest BCUT2D eigenvalue weighted by Crippen LogP contribution is -2.39. The zero-order valence-electron chi connectivity index (χ0n) is 14.8. The number of hydrogen-bond donors (Lipinski definition) is 1. The molecule has 1 fully saturated rings. The van der Waals surface area contributed by atoms with Crippen molar-refractivity contribution in [2.75, 3.05) is 0 Å². The molecule has 1 saturated carbocycles. The van der Waals surface area contributed by atoms with Gasteiger partial charge in [-0.15, -0.1) is 0 Å². The van der Waals surface area contributed by atoms with Gasteiger partial charge in [0.2, 0.25) is 0 Å². The van der Waals surface area contributed by atoms with Crippen molar-refractivity contribution in [3.8, 4) is 11.8 Å². The van der Waals surface area contributed by atoms with Crippen LogP contribution in [0.2, 0.25) is 0 Å². The number of allylic oxidation sites excluding steroid dienone is 2. The molecule has 129 valence electrons. The zero-order valence-corrected chi connectivity index (χ0v) is 14.8. The van der Waals surface area contributed by atoms with Crippen molar-refractivity contribution in [2.45, 2.75) is 37.6 Å². The van der Waals surface area contributed by atoms with Crippen molar-refractivity contribution < 1.29 is 4.79 Å². The Morgan fingerprint density at radius 1 is 1.19 bits per heavy atom. The van der Waals surface area contributed by atoms with Crippen LogP contribution in [0.3, 0.4) is 0 Å². The van der Waals surface area contributed by atoms with E-state index in [0.717, 1.165) is 18.4 Å². The molecular formula is C23H21N2O. The van der Waals surface area contributed by atoms with E-state index < -0.39 is 0 Å². The van der Waals surface area contributed by atoms with Gasteiger partial charge < -0.3 is 5.32 Å². The maximum Gasteiger partial charge on any atom is 0.270 e. The molecule has 1 heterocycles. The van der Waals surface area contributed by atoms with Crippen LogP contribution in [0.1, 0.15) is 47.8 Å². The quantitative estimate of drug-likeness (QED) is 0.859. The summed E-state index contributed by atoms with van der Waals surface area (Å²) in [6, 6.07) is 14.2. The Morgan fingerprint density at radius 2 is 1.96 bits per heavy atom. The summed E-state index contributed by atoms with van der Waals surface area (Å²) >= 11 is 0. The van der Waals surface area contributed by atoms with Gasteiger partial charge in [-0.1, -0.05) is 48.2 Å². The topological polar surface area (TPSA) is 42.0 Å². The predicted molar refractivity (Wildman–Crippen MR) is 102 cm³/mol. The zero-order chi connectivity index (χ0) is 18.0. The van der Waals surface area contributed by atoms with Crippen molar-refractivity contribution in [3.05, 3.63) is 83.6 Å². The molecule has 2 aliphatic carbocycles. The average molecular weight is 341 g/mol. The molecule has 1 radical (unpaired) electrons. The van der Waals surface area contributed by atoms with Crippen molar-refractivity contribution in [1.29, 1.82) is 0 Å². The molecule has 1 N–H and O–H groups in total. The van der Waals surface area contributed by atoms with Crippen LogP contribution in [-0.4, -0.2) is 16.9 Å². The lowest BCUT2D eigenvalue weighted by molar-refractivity contribution is 0.0912. The van der Waals surface area contributed by atoms with E-state index in [0.29, 0.717) is 11.7 Å². The first kappa shape index (κ1) is 16.6. The molecule has 1 amide bonds.